The van der Waals surface area contributed by atoms with Crippen molar-refractivity contribution in [2.75, 3.05) is 39.8 Å². The van der Waals surface area contributed by atoms with E-state index >= 15 is 0 Å². The van der Waals surface area contributed by atoms with Crippen LogP contribution in [-0.2, 0) is 6.42 Å². The van der Waals surface area contributed by atoms with E-state index in [4.69, 9.17) is 0 Å². The molecule has 1 aliphatic heterocycles. The third kappa shape index (κ3) is 4.12. The molecule has 0 unspecified atom stereocenters. The zero-order chi connectivity index (χ0) is 15.2. The molecule has 0 atom stereocenters. The van der Waals surface area contributed by atoms with Crippen molar-refractivity contribution in [3.8, 4) is 11.3 Å². The number of hydrogen-bond acceptors (Lipinski definition) is 4. The van der Waals surface area contributed by atoms with Gasteiger partial charge in [0.05, 0.1) is 11.9 Å². The number of aromatic nitrogens is 2. The van der Waals surface area contributed by atoms with Gasteiger partial charge in [0.25, 0.3) is 0 Å². The molecule has 0 amide bonds. The first-order chi connectivity index (χ1) is 10.8. The fraction of sp³-hybridized carbons (Fsp3) is 0.444. The van der Waals surface area contributed by atoms with Gasteiger partial charge in [0.15, 0.2) is 0 Å². The molecule has 0 radical (unpaired) electrons. The molecule has 3 rings (SSSR count). The molecule has 2 heterocycles. The van der Waals surface area contributed by atoms with Gasteiger partial charge in [-0.15, -0.1) is 0 Å². The average Bonchev–Trinajstić information content (AvgIpc) is 2.58. The number of piperazine rings is 1. The fourth-order valence-electron chi connectivity index (χ4n) is 2.87. The van der Waals surface area contributed by atoms with E-state index in [-0.39, 0.29) is 0 Å². The second-order valence-corrected chi connectivity index (χ2v) is 6.04. The van der Waals surface area contributed by atoms with Crippen molar-refractivity contribution in [1.82, 2.24) is 19.8 Å². The molecule has 0 N–H and O–H groups in total. The summed E-state index contributed by atoms with van der Waals surface area (Å²) in [5.74, 6) is 0. The van der Waals surface area contributed by atoms with E-state index in [1.165, 1.54) is 44.7 Å². The maximum atomic E-state index is 4.33. The summed E-state index contributed by atoms with van der Waals surface area (Å²) in [5, 5.41) is 0. The lowest BCUT2D eigenvalue weighted by molar-refractivity contribution is 0.153. The van der Waals surface area contributed by atoms with E-state index in [1.54, 1.807) is 12.4 Å². The van der Waals surface area contributed by atoms with Gasteiger partial charge in [-0.05, 0) is 32.0 Å². The van der Waals surface area contributed by atoms with E-state index in [2.05, 4.69) is 51.1 Å². The van der Waals surface area contributed by atoms with E-state index in [1.807, 2.05) is 6.20 Å². The van der Waals surface area contributed by atoms with Crippen molar-refractivity contribution in [3.05, 3.63) is 48.4 Å². The number of rotatable bonds is 5. The van der Waals surface area contributed by atoms with Crippen LogP contribution in [0.25, 0.3) is 11.3 Å². The van der Waals surface area contributed by atoms with Crippen LogP contribution < -0.4 is 0 Å². The van der Waals surface area contributed by atoms with Gasteiger partial charge in [0.2, 0.25) is 0 Å². The van der Waals surface area contributed by atoms with Crippen LogP contribution in [0.15, 0.2) is 42.9 Å². The van der Waals surface area contributed by atoms with E-state index in [0.717, 1.165) is 17.7 Å². The lowest BCUT2D eigenvalue weighted by atomic mass is 10.1. The molecule has 0 bridgehead atoms. The Morgan fingerprint density at radius 1 is 1.00 bits per heavy atom. The van der Waals surface area contributed by atoms with Gasteiger partial charge in [0.1, 0.15) is 0 Å². The molecule has 1 aromatic carbocycles. The summed E-state index contributed by atoms with van der Waals surface area (Å²) >= 11 is 0. The van der Waals surface area contributed by atoms with Gasteiger partial charge in [-0.1, -0.05) is 24.3 Å². The Morgan fingerprint density at radius 2 is 1.77 bits per heavy atom. The number of likely N-dealkylation sites (N-methyl/N-ethyl adjacent to an activating group) is 1. The van der Waals surface area contributed by atoms with Crippen LogP contribution in [0.3, 0.4) is 0 Å². The topological polar surface area (TPSA) is 32.3 Å². The minimum atomic E-state index is 0.937. The maximum absolute atomic E-state index is 4.33. The largest absolute Gasteiger partial charge is 0.304 e. The van der Waals surface area contributed by atoms with Crippen molar-refractivity contribution in [1.29, 1.82) is 0 Å². The first-order valence-electron chi connectivity index (χ1n) is 8.07. The highest BCUT2D eigenvalue weighted by atomic mass is 15.2. The summed E-state index contributed by atoms with van der Waals surface area (Å²) in [6, 6.07) is 8.73. The molecule has 116 valence electrons. The molecule has 1 saturated heterocycles. The third-order valence-electron chi connectivity index (χ3n) is 4.35. The van der Waals surface area contributed by atoms with Crippen LogP contribution in [0.5, 0.6) is 0 Å². The molecule has 2 aromatic rings. The highest BCUT2D eigenvalue weighted by Gasteiger charge is 2.12. The minimum Gasteiger partial charge on any atom is -0.304 e. The Hall–Kier alpha value is -1.78. The summed E-state index contributed by atoms with van der Waals surface area (Å²) in [5.41, 5.74) is 3.48. The molecule has 4 nitrogen and oxygen atoms in total. The molecule has 0 saturated carbocycles. The van der Waals surface area contributed by atoms with Crippen LogP contribution in [0.2, 0.25) is 0 Å². The fourth-order valence-corrected chi connectivity index (χ4v) is 2.87. The highest BCUT2D eigenvalue weighted by Crippen LogP contribution is 2.17. The smallest absolute Gasteiger partial charge is 0.0885 e. The molecule has 0 aliphatic carbocycles. The van der Waals surface area contributed by atoms with Gasteiger partial charge in [0, 0.05) is 44.1 Å². The molecule has 1 aliphatic rings. The van der Waals surface area contributed by atoms with Crippen LogP contribution >= 0.6 is 0 Å². The number of aryl methyl sites for hydroxylation is 1. The van der Waals surface area contributed by atoms with Crippen LogP contribution in [0, 0.1) is 0 Å². The second-order valence-electron chi connectivity index (χ2n) is 6.04. The van der Waals surface area contributed by atoms with Crippen molar-refractivity contribution >= 4 is 0 Å². The predicted molar refractivity (Wildman–Crippen MR) is 89.7 cm³/mol. The Bertz CT molecular complexity index is 559. The van der Waals surface area contributed by atoms with Crippen molar-refractivity contribution in [2.45, 2.75) is 12.8 Å². The molecule has 4 heteroatoms. The van der Waals surface area contributed by atoms with Gasteiger partial charge >= 0.3 is 0 Å². The Labute approximate surface area is 132 Å². The molecular weight excluding hydrogens is 272 g/mol. The van der Waals surface area contributed by atoms with E-state index in [9.17, 15) is 0 Å². The first kappa shape index (κ1) is 15.1. The molecule has 1 fully saturated rings. The summed E-state index contributed by atoms with van der Waals surface area (Å²) in [6.45, 7) is 6.03. The summed E-state index contributed by atoms with van der Waals surface area (Å²) < 4.78 is 0. The number of benzene rings is 1. The monoisotopic (exact) mass is 296 g/mol. The SMILES string of the molecule is CN1CCN(CCCc2ccc(-c3cnccn3)cc2)CC1. The Balaban J connectivity index is 1.47. The lowest BCUT2D eigenvalue weighted by Gasteiger charge is -2.32. The number of hydrogen-bond donors (Lipinski definition) is 0. The molecular formula is C18H24N4. The van der Waals surface area contributed by atoms with Crippen molar-refractivity contribution in [2.24, 2.45) is 0 Å². The Morgan fingerprint density at radius 3 is 2.45 bits per heavy atom. The van der Waals surface area contributed by atoms with Crippen molar-refractivity contribution < 1.29 is 0 Å². The van der Waals surface area contributed by atoms with E-state index in [0.29, 0.717) is 0 Å². The summed E-state index contributed by atoms with van der Waals surface area (Å²) in [7, 11) is 2.20. The van der Waals surface area contributed by atoms with E-state index < -0.39 is 0 Å². The first-order valence-corrected chi connectivity index (χ1v) is 8.07. The lowest BCUT2D eigenvalue weighted by Crippen LogP contribution is -2.44. The standard InChI is InChI=1S/C18H24N4/c1-21-11-13-22(14-12-21)10-2-3-16-4-6-17(7-5-16)18-15-19-8-9-20-18/h4-9,15H,2-3,10-14H2,1H3. The molecule has 1 aromatic heterocycles. The van der Waals surface area contributed by atoms with Gasteiger partial charge in [-0.25, -0.2) is 0 Å². The normalized spacial score (nSPS) is 16.8. The molecule has 22 heavy (non-hydrogen) atoms. The zero-order valence-corrected chi connectivity index (χ0v) is 13.3. The minimum absolute atomic E-state index is 0.937. The van der Waals surface area contributed by atoms with Crippen molar-refractivity contribution in [3.63, 3.8) is 0 Å². The van der Waals surface area contributed by atoms with Gasteiger partial charge < -0.3 is 9.80 Å². The quantitative estimate of drug-likeness (QED) is 0.847. The maximum Gasteiger partial charge on any atom is 0.0885 e. The van der Waals surface area contributed by atoms with Crippen LogP contribution in [0.4, 0.5) is 0 Å². The second kappa shape index (κ2) is 7.47. The molecule has 0 spiro atoms. The summed E-state index contributed by atoms with van der Waals surface area (Å²) in [4.78, 5) is 13.4. The number of nitrogens with zero attached hydrogens (tertiary/aromatic N) is 4. The average molecular weight is 296 g/mol. The third-order valence-corrected chi connectivity index (χ3v) is 4.35. The van der Waals surface area contributed by atoms with Gasteiger partial charge in [-0.2, -0.15) is 0 Å². The van der Waals surface area contributed by atoms with Crippen LogP contribution in [0.1, 0.15) is 12.0 Å². The highest BCUT2D eigenvalue weighted by molar-refractivity contribution is 5.58. The predicted octanol–water partition coefficient (Wildman–Crippen LogP) is 2.32. The van der Waals surface area contributed by atoms with Crippen LogP contribution in [-0.4, -0.2) is 59.5 Å². The zero-order valence-electron chi connectivity index (χ0n) is 13.3. The summed E-state index contributed by atoms with van der Waals surface area (Å²) in [6.07, 6.45) is 7.62. The van der Waals surface area contributed by atoms with Gasteiger partial charge in [-0.3, -0.25) is 9.97 Å². The Kier molecular flexibility index (Phi) is 5.14.